The van der Waals surface area contributed by atoms with Crippen molar-refractivity contribution in [3.8, 4) is 0 Å². The quantitative estimate of drug-likeness (QED) is 0.848. The molecule has 0 bridgehead atoms. The highest BCUT2D eigenvalue weighted by Crippen LogP contribution is 2.21. The van der Waals surface area contributed by atoms with E-state index in [1.54, 1.807) is 17.1 Å². The molecule has 0 atom stereocenters. The Morgan fingerprint density at radius 1 is 1.44 bits per heavy atom. The van der Waals surface area contributed by atoms with Crippen molar-refractivity contribution >= 4 is 11.7 Å². The van der Waals surface area contributed by atoms with Gasteiger partial charge < -0.3 is 9.88 Å². The first-order chi connectivity index (χ1) is 8.36. The summed E-state index contributed by atoms with van der Waals surface area (Å²) in [5.41, 5.74) is 1.32. The number of hydrogen-bond acceptors (Lipinski definition) is 3. The normalized spacial score (nSPS) is 11.6. The van der Waals surface area contributed by atoms with Crippen LogP contribution in [0.3, 0.4) is 0 Å². The number of anilines is 1. The van der Waals surface area contributed by atoms with Crippen LogP contribution in [0.5, 0.6) is 0 Å². The highest BCUT2D eigenvalue weighted by molar-refractivity contribution is 6.02. The molecule has 0 saturated heterocycles. The topological polar surface area (TPSA) is 75.6 Å². The van der Waals surface area contributed by atoms with E-state index in [1.165, 1.54) is 0 Å². The van der Waals surface area contributed by atoms with Crippen LogP contribution in [0.1, 0.15) is 37.0 Å². The standard InChI is InChI=1S/C12H17N5O/c1-12(2,3)9-5-10(16-15-9)14-11(18)8-6-17(4)7-13-8/h5-7H,1-4H3,(H2,14,15,16,18). The van der Waals surface area contributed by atoms with E-state index in [2.05, 4.69) is 41.3 Å². The summed E-state index contributed by atoms with van der Waals surface area (Å²) < 4.78 is 1.72. The number of amides is 1. The lowest BCUT2D eigenvalue weighted by molar-refractivity contribution is 0.102. The maximum Gasteiger partial charge on any atom is 0.277 e. The molecule has 18 heavy (non-hydrogen) atoms. The SMILES string of the molecule is Cn1cnc(C(=O)Nc2cc(C(C)(C)C)[nH]n2)c1. The lowest BCUT2D eigenvalue weighted by Gasteiger charge is -2.14. The van der Waals surface area contributed by atoms with Crippen LogP contribution in [-0.4, -0.2) is 25.7 Å². The number of aromatic nitrogens is 4. The number of carbonyl (C=O) groups excluding carboxylic acids is 1. The minimum Gasteiger partial charge on any atom is -0.340 e. The number of H-pyrrole nitrogens is 1. The lowest BCUT2D eigenvalue weighted by Crippen LogP contribution is -2.13. The molecule has 6 heteroatoms. The van der Waals surface area contributed by atoms with Gasteiger partial charge in [0.2, 0.25) is 0 Å². The first-order valence-electron chi connectivity index (χ1n) is 5.71. The molecule has 96 valence electrons. The second-order valence-corrected chi connectivity index (χ2v) is 5.30. The zero-order valence-electron chi connectivity index (χ0n) is 11.0. The summed E-state index contributed by atoms with van der Waals surface area (Å²) >= 11 is 0. The summed E-state index contributed by atoms with van der Waals surface area (Å²) in [6.07, 6.45) is 3.24. The molecule has 6 nitrogen and oxygen atoms in total. The van der Waals surface area contributed by atoms with Gasteiger partial charge in [-0.2, -0.15) is 5.10 Å². The lowest BCUT2D eigenvalue weighted by atomic mass is 9.92. The van der Waals surface area contributed by atoms with Crippen LogP contribution in [0.15, 0.2) is 18.6 Å². The van der Waals surface area contributed by atoms with Crippen LogP contribution in [0.25, 0.3) is 0 Å². The molecule has 1 amide bonds. The zero-order valence-corrected chi connectivity index (χ0v) is 11.0. The first kappa shape index (κ1) is 12.3. The van der Waals surface area contributed by atoms with Gasteiger partial charge in [-0.15, -0.1) is 0 Å². The van der Waals surface area contributed by atoms with E-state index in [-0.39, 0.29) is 11.3 Å². The van der Waals surface area contributed by atoms with Crippen LogP contribution in [-0.2, 0) is 12.5 Å². The molecule has 0 aromatic carbocycles. The van der Waals surface area contributed by atoms with Crippen molar-refractivity contribution in [3.63, 3.8) is 0 Å². The summed E-state index contributed by atoms with van der Waals surface area (Å²) in [5.74, 6) is 0.248. The van der Waals surface area contributed by atoms with E-state index in [1.807, 2.05) is 13.1 Å². The summed E-state index contributed by atoms with van der Waals surface area (Å²) in [7, 11) is 1.82. The average molecular weight is 247 g/mol. The Labute approximate surface area is 105 Å². The van der Waals surface area contributed by atoms with Gasteiger partial charge in [0.25, 0.3) is 5.91 Å². The number of aryl methyl sites for hydroxylation is 1. The Balaban J connectivity index is 2.10. The fourth-order valence-corrected chi connectivity index (χ4v) is 1.48. The summed E-state index contributed by atoms with van der Waals surface area (Å²) in [6.45, 7) is 6.22. The van der Waals surface area contributed by atoms with Gasteiger partial charge >= 0.3 is 0 Å². The van der Waals surface area contributed by atoms with Crippen LogP contribution in [0.4, 0.5) is 5.82 Å². The monoisotopic (exact) mass is 247 g/mol. The van der Waals surface area contributed by atoms with Crippen molar-refractivity contribution in [2.45, 2.75) is 26.2 Å². The van der Waals surface area contributed by atoms with E-state index < -0.39 is 0 Å². The van der Waals surface area contributed by atoms with Gasteiger partial charge in [0.1, 0.15) is 5.69 Å². The van der Waals surface area contributed by atoms with E-state index in [4.69, 9.17) is 0 Å². The van der Waals surface area contributed by atoms with Crippen LogP contribution in [0.2, 0.25) is 0 Å². The molecule has 2 rings (SSSR count). The smallest absolute Gasteiger partial charge is 0.277 e. The number of carbonyl (C=O) groups is 1. The van der Waals surface area contributed by atoms with Crippen molar-refractivity contribution in [2.75, 3.05) is 5.32 Å². The number of rotatable bonds is 2. The van der Waals surface area contributed by atoms with E-state index in [9.17, 15) is 4.79 Å². The van der Waals surface area contributed by atoms with Crippen molar-refractivity contribution < 1.29 is 4.79 Å². The third kappa shape index (κ3) is 2.58. The van der Waals surface area contributed by atoms with Gasteiger partial charge in [0, 0.05) is 30.4 Å². The number of hydrogen-bond donors (Lipinski definition) is 2. The van der Waals surface area contributed by atoms with Crippen molar-refractivity contribution in [1.82, 2.24) is 19.7 Å². The predicted octanol–water partition coefficient (Wildman–Crippen LogP) is 1.69. The fourth-order valence-electron chi connectivity index (χ4n) is 1.48. The van der Waals surface area contributed by atoms with Gasteiger partial charge in [0.15, 0.2) is 5.82 Å². The summed E-state index contributed by atoms with van der Waals surface area (Å²) in [5, 5.41) is 9.69. The molecular weight excluding hydrogens is 230 g/mol. The van der Waals surface area contributed by atoms with Gasteiger partial charge in [-0.1, -0.05) is 20.8 Å². The van der Waals surface area contributed by atoms with Gasteiger partial charge in [-0.05, 0) is 0 Å². The number of nitrogens with zero attached hydrogens (tertiary/aromatic N) is 3. The largest absolute Gasteiger partial charge is 0.340 e. The molecule has 0 radical (unpaired) electrons. The van der Waals surface area contributed by atoms with Crippen LogP contribution >= 0.6 is 0 Å². The minimum atomic E-state index is -0.262. The summed E-state index contributed by atoms with van der Waals surface area (Å²) in [6, 6.07) is 1.83. The zero-order chi connectivity index (χ0) is 13.3. The van der Waals surface area contributed by atoms with Crippen LogP contribution in [0, 0.1) is 0 Å². The van der Waals surface area contributed by atoms with E-state index >= 15 is 0 Å². The highest BCUT2D eigenvalue weighted by Gasteiger charge is 2.18. The maximum atomic E-state index is 11.8. The fraction of sp³-hybridized carbons (Fsp3) is 0.417. The Bertz CT molecular complexity index is 561. The van der Waals surface area contributed by atoms with Gasteiger partial charge in [-0.3, -0.25) is 9.89 Å². The van der Waals surface area contributed by atoms with Crippen LogP contribution < -0.4 is 5.32 Å². The molecule has 0 fully saturated rings. The van der Waals surface area contributed by atoms with Gasteiger partial charge in [0.05, 0.1) is 6.33 Å². The molecule has 0 saturated carbocycles. The molecule has 0 unspecified atom stereocenters. The Kier molecular flexibility index (Phi) is 2.94. The molecule has 0 aliphatic rings. The molecular formula is C12H17N5O. The van der Waals surface area contributed by atoms with E-state index in [0.29, 0.717) is 11.5 Å². The molecule has 2 aromatic rings. The predicted molar refractivity (Wildman–Crippen MR) is 68.4 cm³/mol. The second-order valence-electron chi connectivity index (χ2n) is 5.30. The maximum absolute atomic E-state index is 11.8. The third-order valence-corrected chi connectivity index (χ3v) is 2.56. The molecule has 0 aliphatic carbocycles. The van der Waals surface area contributed by atoms with Crippen molar-refractivity contribution in [2.24, 2.45) is 7.05 Å². The average Bonchev–Trinajstić information content (AvgIpc) is 2.85. The molecule has 2 heterocycles. The first-order valence-corrected chi connectivity index (χ1v) is 5.71. The molecule has 0 spiro atoms. The number of imidazole rings is 1. The van der Waals surface area contributed by atoms with E-state index in [0.717, 1.165) is 5.69 Å². The Morgan fingerprint density at radius 3 is 2.67 bits per heavy atom. The second kappa shape index (κ2) is 4.29. The minimum absolute atomic E-state index is 0.0268. The summed E-state index contributed by atoms with van der Waals surface area (Å²) in [4.78, 5) is 15.8. The highest BCUT2D eigenvalue weighted by atomic mass is 16.2. The molecule has 2 N–H and O–H groups in total. The Hall–Kier alpha value is -2.11. The molecule has 0 aliphatic heterocycles. The Morgan fingerprint density at radius 2 is 2.17 bits per heavy atom. The third-order valence-electron chi connectivity index (χ3n) is 2.56. The molecule has 2 aromatic heterocycles. The van der Waals surface area contributed by atoms with Gasteiger partial charge in [-0.25, -0.2) is 4.98 Å². The number of aromatic amines is 1. The number of nitrogens with one attached hydrogen (secondary N) is 2. The van der Waals surface area contributed by atoms with Crippen molar-refractivity contribution in [3.05, 3.63) is 30.0 Å². The van der Waals surface area contributed by atoms with Crippen molar-refractivity contribution in [1.29, 1.82) is 0 Å².